The second kappa shape index (κ2) is 5.27. The van der Waals surface area contributed by atoms with Gasteiger partial charge in [0.15, 0.2) is 0 Å². The maximum Gasteiger partial charge on any atom is 0.223 e. The first-order valence-electron chi connectivity index (χ1n) is 5.45. The van der Waals surface area contributed by atoms with Gasteiger partial charge in [-0.2, -0.15) is 4.98 Å². The Morgan fingerprint density at radius 2 is 1.88 bits per heavy atom. The van der Waals surface area contributed by atoms with Gasteiger partial charge in [0, 0.05) is 12.5 Å². The Balaban J connectivity index is 2.23. The van der Waals surface area contributed by atoms with Crippen LogP contribution < -0.4 is 4.74 Å². The van der Waals surface area contributed by atoms with Crippen molar-refractivity contribution >= 4 is 15.9 Å². The summed E-state index contributed by atoms with van der Waals surface area (Å²) in [7, 11) is 0. The number of halogens is 1. The molecule has 0 unspecified atom stereocenters. The van der Waals surface area contributed by atoms with Crippen molar-refractivity contribution in [1.29, 1.82) is 0 Å². The lowest BCUT2D eigenvalue weighted by Gasteiger charge is -2.06. The molecule has 0 radical (unpaired) electrons. The minimum Gasteiger partial charge on any atom is -0.439 e. The van der Waals surface area contributed by atoms with Gasteiger partial charge in [0.1, 0.15) is 16.2 Å². The molecule has 0 spiro atoms. The topological polar surface area (TPSA) is 35.0 Å². The average Bonchev–Trinajstić information content (AvgIpc) is 2.31. The Labute approximate surface area is 109 Å². The maximum atomic E-state index is 5.68. The van der Waals surface area contributed by atoms with Crippen molar-refractivity contribution in [2.24, 2.45) is 0 Å². The van der Waals surface area contributed by atoms with Crippen LogP contribution in [0.1, 0.15) is 18.3 Å². The van der Waals surface area contributed by atoms with Crippen molar-refractivity contribution in [2.75, 3.05) is 0 Å². The molecule has 1 heterocycles. The Kier molecular flexibility index (Phi) is 3.74. The fraction of sp³-hybridized carbons (Fsp3) is 0.231. The number of benzene rings is 1. The Bertz CT molecular complexity index is 511. The predicted molar refractivity (Wildman–Crippen MR) is 70.4 cm³/mol. The monoisotopic (exact) mass is 292 g/mol. The molecule has 2 aromatic rings. The fourth-order valence-corrected chi connectivity index (χ4v) is 1.78. The summed E-state index contributed by atoms with van der Waals surface area (Å²) < 4.78 is 6.42. The minimum atomic E-state index is 0.563. The van der Waals surface area contributed by atoms with E-state index in [0.717, 1.165) is 22.6 Å². The van der Waals surface area contributed by atoms with E-state index in [0.29, 0.717) is 5.88 Å². The minimum absolute atomic E-state index is 0.563. The van der Waals surface area contributed by atoms with Crippen LogP contribution in [0.2, 0.25) is 0 Å². The van der Waals surface area contributed by atoms with Crippen LogP contribution >= 0.6 is 15.9 Å². The molecular formula is C13H13BrN2O. The molecule has 4 heteroatoms. The highest BCUT2D eigenvalue weighted by molar-refractivity contribution is 9.10. The summed E-state index contributed by atoms with van der Waals surface area (Å²) in [5.74, 6) is 2.11. The highest BCUT2D eigenvalue weighted by Crippen LogP contribution is 2.22. The second-order valence-electron chi connectivity index (χ2n) is 3.71. The summed E-state index contributed by atoms with van der Waals surface area (Å²) in [5.41, 5.74) is 1.20. The van der Waals surface area contributed by atoms with Gasteiger partial charge in [0.2, 0.25) is 5.88 Å². The Hall–Kier alpha value is -1.42. The first-order valence-corrected chi connectivity index (χ1v) is 6.24. The number of nitrogens with zero attached hydrogens (tertiary/aromatic N) is 2. The molecule has 1 aromatic carbocycles. The standard InChI is InChI=1S/C13H13BrN2O/c1-3-12-15-11(14)8-13(16-12)17-10-6-4-9(2)5-7-10/h4-8H,3H2,1-2H3. The third-order valence-electron chi connectivity index (χ3n) is 2.28. The summed E-state index contributed by atoms with van der Waals surface area (Å²) in [6, 6.07) is 9.63. The lowest BCUT2D eigenvalue weighted by molar-refractivity contribution is 0.458. The Morgan fingerprint density at radius 3 is 2.53 bits per heavy atom. The zero-order valence-electron chi connectivity index (χ0n) is 9.77. The number of aryl methyl sites for hydroxylation is 2. The lowest BCUT2D eigenvalue weighted by atomic mass is 10.2. The van der Waals surface area contributed by atoms with Gasteiger partial charge < -0.3 is 4.74 Å². The molecule has 0 aliphatic heterocycles. The van der Waals surface area contributed by atoms with E-state index in [4.69, 9.17) is 4.74 Å². The quantitative estimate of drug-likeness (QED) is 0.805. The normalized spacial score (nSPS) is 10.3. The van der Waals surface area contributed by atoms with E-state index in [1.54, 1.807) is 6.07 Å². The van der Waals surface area contributed by atoms with Crippen LogP contribution in [0.15, 0.2) is 34.9 Å². The molecule has 0 saturated carbocycles. The van der Waals surface area contributed by atoms with Crippen molar-refractivity contribution in [3.8, 4) is 11.6 Å². The predicted octanol–water partition coefficient (Wildman–Crippen LogP) is 3.90. The van der Waals surface area contributed by atoms with Gasteiger partial charge in [-0.3, -0.25) is 0 Å². The highest BCUT2D eigenvalue weighted by Gasteiger charge is 2.03. The molecule has 17 heavy (non-hydrogen) atoms. The van der Waals surface area contributed by atoms with Gasteiger partial charge >= 0.3 is 0 Å². The number of aromatic nitrogens is 2. The first kappa shape index (κ1) is 12.0. The summed E-state index contributed by atoms with van der Waals surface area (Å²) in [5, 5.41) is 0. The van der Waals surface area contributed by atoms with E-state index in [9.17, 15) is 0 Å². The van der Waals surface area contributed by atoms with Gasteiger partial charge in [-0.1, -0.05) is 24.6 Å². The van der Waals surface area contributed by atoms with Crippen molar-refractivity contribution in [2.45, 2.75) is 20.3 Å². The Morgan fingerprint density at radius 1 is 1.18 bits per heavy atom. The molecule has 2 rings (SSSR count). The first-order chi connectivity index (χ1) is 8.17. The molecule has 3 nitrogen and oxygen atoms in total. The number of hydrogen-bond donors (Lipinski definition) is 0. The van der Waals surface area contributed by atoms with E-state index in [-0.39, 0.29) is 0 Å². The number of ether oxygens (including phenoxy) is 1. The SMILES string of the molecule is CCc1nc(Br)cc(Oc2ccc(C)cc2)n1. The highest BCUT2D eigenvalue weighted by atomic mass is 79.9. The molecule has 0 fully saturated rings. The largest absolute Gasteiger partial charge is 0.439 e. The van der Waals surface area contributed by atoms with E-state index < -0.39 is 0 Å². The van der Waals surface area contributed by atoms with Crippen LogP contribution in [0.3, 0.4) is 0 Å². The zero-order chi connectivity index (χ0) is 12.3. The van der Waals surface area contributed by atoms with Gasteiger partial charge in [-0.25, -0.2) is 4.98 Å². The molecule has 0 bridgehead atoms. The lowest BCUT2D eigenvalue weighted by Crippen LogP contribution is -1.96. The van der Waals surface area contributed by atoms with Gasteiger partial charge in [-0.05, 0) is 35.0 Å². The summed E-state index contributed by atoms with van der Waals surface area (Å²) in [6.07, 6.45) is 0.781. The van der Waals surface area contributed by atoms with Crippen LogP contribution in [-0.2, 0) is 6.42 Å². The van der Waals surface area contributed by atoms with Gasteiger partial charge in [-0.15, -0.1) is 0 Å². The van der Waals surface area contributed by atoms with E-state index in [1.807, 2.05) is 38.1 Å². The van der Waals surface area contributed by atoms with E-state index >= 15 is 0 Å². The van der Waals surface area contributed by atoms with Crippen molar-refractivity contribution in [3.63, 3.8) is 0 Å². The third-order valence-corrected chi connectivity index (χ3v) is 2.68. The number of rotatable bonds is 3. The van der Waals surface area contributed by atoms with Crippen molar-refractivity contribution < 1.29 is 4.74 Å². The molecule has 88 valence electrons. The smallest absolute Gasteiger partial charge is 0.223 e. The van der Waals surface area contributed by atoms with Gasteiger partial charge in [0.05, 0.1) is 0 Å². The molecule has 0 aliphatic carbocycles. The number of hydrogen-bond acceptors (Lipinski definition) is 3. The molecule has 0 amide bonds. The van der Waals surface area contributed by atoms with Crippen LogP contribution in [0.25, 0.3) is 0 Å². The molecule has 0 aliphatic rings. The van der Waals surface area contributed by atoms with Crippen LogP contribution in [-0.4, -0.2) is 9.97 Å². The average molecular weight is 293 g/mol. The van der Waals surface area contributed by atoms with Crippen LogP contribution in [0.5, 0.6) is 11.6 Å². The van der Waals surface area contributed by atoms with Crippen molar-refractivity contribution in [3.05, 3.63) is 46.3 Å². The molecule has 0 saturated heterocycles. The summed E-state index contributed by atoms with van der Waals surface area (Å²) >= 11 is 3.35. The maximum absolute atomic E-state index is 5.68. The molecule has 1 aromatic heterocycles. The van der Waals surface area contributed by atoms with Crippen LogP contribution in [0, 0.1) is 6.92 Å². The second-order valence-corrected chi connectivity index (χ2v) is 4.53. The van der Waals surface area contributed by atoms with E-state index in [1.165, 1.54) is 5.56 Å². The summed E-state index contributed by atoms with van der Waals surface area (Å²) in [4.78, 5) is 8.54. The summed E-state index contributed by atoms with van der Waals surface area (Å²) in [6.45, 7) is 4.05. The molecule has 0 atom stereocenters. The third kappa shape index (κ3) is 3.27. The molecular weight excluding hydrogens is 280 g/mol. The molecule has 0 N–H and O–H groups in total. The van der Waals surface area contributed by atoms with Crippen LogP contribution in [0.4, 0.5) is 0 Å². The van der Waals surface area contributed by atoms with E-state index in [2.05, 4.69) is 25.9 Å². The fourth-order valence-electron chi connectivity index (χ4n) is 1.38. The van der Waals surface area contributed by atoms with Gasteiger partial charge in [0.25, 0.3) is 0 Å². The van der Waals surface area contributed by atoms with Crippen molar-refractivity contribution in [1.82, 2.24) is 9.97 Å². The zero-order valence-corrected chi connectivity index (χ0v) is 11.4.